The normalized spacial score (nSPS) is 11.1. The van der Waals surface area contributed by atoms with E-state index in [9.17, 15) is 0 Å². The van der Waals surface area contributed by atoms with Gasteiger partial charge in [-0.3, -0.25) is 4.90 Å². The van der Waals surface area contributed by atoms with Crippen LogP contribution in [0.15, 0.2) is 5.38 Å². The lowest BCUT2D eigenvalue weighted by atomic mass is 10.4. The number of aromatic nitrogens is 1. The lowest BCUT2D eigenvalue weighted by Crippen LogP contribution is -2.22. The third-order valence-corrected chi connectivity index (χ3v) is 2.74. The molecule has 0 aromatic carbocycles. The molecule has 1 aromatic heterocycles. The van der Waals surface area contributed by atoms with Gasteiger partial charge in [0, 0.05) is 25.1 Å². The summed E-state index contributed by atoms with van der Waals surface area (Å²) >= 11 is 1.71. The van der Waals surface area contributed by atoms with Crippen molar-refractivity contribution in [2.75, 3.05) is 26.8 Å². The average molecular weight is 214 g/mol. The van der Waals surface area contributed by atoms with E-state index in [1.165, 1.54) is 0 Å². The smallest absolute Gasteiger partial charge is 0.0897 e. The van der Waals surface area contributed by atoms with Gasteiger partial charge in [0.1, 0.15) is 0 Å². The predicted octanol–water partition coefficient (Wildman–Crippen LogP) is 1.92. The highest BCUT2D eigenvalue weighted by Crippen LogP contribution is 2.09. The Balaban J connectivity index is 2.23. The second-order valence-electron chi connectivity index (χ2n) is 3.29. The van der Waals surface area contributed by atoms with Crippen molar-refractivity contribution in [1.82, 2.24) is 9.88 Å². The van der Waals surface area contributed by atoms with Crippen LogP contribution in [0.1, 0.15) is 17.6 Å². The van der Waals surface area contributed by atoms with Crippen LogP contribution in [-0.4, -0.2) is 36.7 Å². The summed E-state index contributed by atoms with van der Waals surface area (Å²) in [7, 11) is 2.09. The highest BCUT2D eigenvalue weighted by Gasteiger charge is 2.02. The number of hydrogen-bond donors (Lipinski definition) is 0. The van der Waals surface area contributed by atoms with Gasteiger partial charge in [0.2, 0.25) is 0 Å². The number of rotatable bonds is 6. The second-order valence-corrected chi connectivity index (χ2v) is 4.35. The molecule has 0 fully saturated rings. The first-order chi connectivity index (χ1) is 6.72. The van der Waals surface area contributed by atoms with Gasteiger partial charge in [-0.05, 0) is 20.9 Å². The first kappa shape index (κ1) is 11.6. The van der Waals surface area contributed by atoms with Crippen LogP contribution in [0.5, 0.6) is 0 Å². The van der Waals surface area contributed by atoms with E-state index in [4.69, 9.17) is 4.74 Å². The fourth-order valence-electron chi connectivity index (χ4n) is 1.20. The van der Waals surface area contributed by atoms with Gasteiger partial charge in [0.25, 0.3) is 0 Å². The van der Waals surface area contributed by atoms with Crippen molar-refractivity contribution in [1.29, 1.82) is 0 Å². The zero-order valence-corrected chi connectivity index (χ0v) is 9.93. The SMILES string of the molecule is CCOCCN(C)Cc1csc(C)n1. The Bertz CT molecular complexity index is 262. The number of ether oxygens (including phenoxy) is 1. The molecule has 80 valence electrons. The summed E-state index contributed by atoms with van der Waals surface area (Å²) in [6, 6.07) is 0. The molecule has 1 rings (SSSR count). The van der Waals surface area contributed by atoms with Crippen LogP contribution in [0.25, 0.3) is 0 Å². The molecule has 3 nitrogen and oxygen atoms in total. The van der Waals surface area contributed by atoms with Crippen molar-refractivity contribution >= 4 is 11.3 Å². The van der Waals surface area contributed by atoms with Gasteiger partial charge in [-0.2, -0.15) is 0 Å². The maximum atomic E-state index is 5.29. The van der Waals surface area contributed by atoms with E-state index in [-0.39, 0.29) is 0 Å². The summed E-state index contributed by atoms with van der Waals surface area (Å²) in [5.74, 6) is 0. The third kappa shape index (κ3) is 4.17. The van der Waals surface area contributed by atoms with E-state index in [2.05, 4.69) is 22.3 Å². The molecular formula is C10H18N2OS. The van der Waals surface area contributed by atoms with Crippen LogP contribution in [0.2, 0.25) is 0 Å². The molecule has 0 aliphatic rings. The summed E-state index contributed by atoms with van der Waals surface area (Å²) in [6.07, 6.45) is 0. The van der Waals surface area contributed by atoms with Crippen molar-refractivity contribution in [2.45, 2.75) is 20.4 Å². The maximum absolute atomic E-state index is 5.29. The molecule has 0 saturated carbocycles. The highest BCUT2D eigenvalue weighted by atomic mass is 32.1. The zero-order chi connectivity index (χ0) is 10.4. The molecule has 0 radical (unpaired) electrons. The summed E-state index contributed by atoms with van der Waals surface area (Å²) in [5.41, 5.74) is 1.16. The molecule has 0 saturated heterocycles. The van der Waals surface area contributed by atoms with E-state index in [1.807, 2.05) is 13.8 Å². The Hall–Kier alpha value is -0.450. The molecule has 0 N–H and O–H groups in total. The van der Waals surface area contributed by atoms with E-state index in [0.29, 0.717) is 0 Å². The number of nitrogens with zero attached hydrogens (tertiary/aromatic N) is 2. The van der Waals surface area contributed by atoms with E-state index >= 15 is 0 Å². The number of hydrogen-bond acceptors (Lipinski definition) is 4. The molecule has 14 heavy (non-hydrogen) atoms. The summed E-state index contributed by atoms with van der Waals surface area (Å²) in [6.45, 7) is 7.53. The van der Waals surface area contributed by atoms with Crippen LogP contribution in [0.3, 0.4) is 0 Å². The fraction of sp³-hybridized carbons (Fsp3) is 0.700. The average Bonchev–Trinajstić information content (AvgIpc) is 2.52. The predicted molar refractivity (Wildman–Crippen MR) is 59.7 cm³/mol. The first-order valence-electron chi connectivity index (χ1n) is 4.89. The Morgan fingerprint density at radius 3 is 2.93 bits per heavy atom. The minimum absolute atomic E-state index is 0.795. The van der Waals surface area contributed by atoms with Crippen LogP contribution >= 0.6 is 11.3 Å². The lowest BCUT2D eigenvalue weighted by molar-refractivity contribution is 0.120. The quantitative estimate of drug-likeness (QED) is 0.676. The largest absolute Gasteiger partial charge is 0.380 e. The Morgan fingerprint density at radius 2 is 2.36 bits per heavy atom. The summed E-state index contributed by atoms with van der Waals surface area (Å²) in [5, 5.41) is 3.25. The van der Waals surface area contributed by atoms with Crippen molar-refractivity contribution in [2.24, 2.45) is 0 Å². The van der Waals surface area contributed by atoms with E-state index in [0.717, 1.165) is 37.0 Å². The number of aryl methyl sites for hydroxylation is 1. The number of likely N-dealkylation sites (N-methyl/N-ethyl adjacent to an activating group) is 1. The summed E-state index contributed by atoms with van der Waals surface area (Å²) < 4.78 is 5.29. The summed E-state index contributed by atoms with van der Waals surface area (Å²) in [4.78, 5) is 6.64. The molecule has 0 amide bonds. The van der Waals surface area contributed by atoms with Crippen LogP contribution in [-0.2, 0) is 11.3 Å². The topological polar surface area (TPSA) is 25.4 Å². The van der Waals surface area contributed by atoms with Crippen LogP contribution in [0, 0.1) is 6.92 Å². The van der Waals surface area contributed by atoms with Gasteiger partial charge in [-0.1, -0.05) is 0 Å². The van der Waals surface area contributed by atoms with Crippen molar-refractivity contribution in [3.05, 3.63) is 16.1 Å². The van der Waals surface area contributed by atoms with E-state index in [1.54, 1.807) is 11.3 Å². The van der Waals surface area contributed by atoms with Gasteiger partial charge in [0.05, 0.1) is 17.3 Å². The van der Waals surface area contributed by atoms with Crippen molar-refractivity contribution in [3.8, 4) is 0 Å². The second kappa shape index (κ2) is 6.11. The molecule has 0 unspecified atom stereocenters. The molecule has 0 aliphatic heterocycles. The molecule has 0 atom stereocenters. The van der Waals surface area contributed by atoms with Gasteiger partial charge in [-0.25, -0.2) is 4.98 Å². The monoisotopic (exact) mass is 214 g/mol. The lowest BCUT2D eigenvalue weighted by Gasteiger charge is -2.14. The van der Waals surface area contributed by atoms with E-state index < -0.39 is 0 Å². The Kier molecular flexibility index (Phi) is 5.07. The molecule has 1 heterocycles. The molecule has 0 spiro atoms. The van der Waals surface area contributed by atoms with Gasteiger partial charge < -0.3 is 4.74 Å². The molecule has 0 bridgehead atoms. The minimum atomic E-state index is 0.795. The molecule has 0 aliphatic carbocycles. The highest BCUT2D eigenvalue weighted by molar-refractivity contribution is 7.09. The Morgan fingerprint density at radius 1 is 1.57 bits per heavy atom. The first-order valence-corrected chi connectivity index (χ1v) is 5.77. The minimum Gasteiger partial charge on any atom is -0.380 e. The fourth-order valence-corrected chi connectivity index (χ4v) is 1.80. The maximum Gasteiger partial charge on any atom is 0.0897 e. The van der Waals surface area contributed by atoms with Crippen LogP contribution in [0.4, 0.5) is 0 Å². The zero-order valence-electron chi connectivity index (χ0n) is 9.12. The number of thiazole rings is 1. The molecule has 1 aromatic rings. The molecular weight excluding hydrogens is 196 g/mol. The third-order valence-electron chi connectivity index (χ3n) is 1.92. The van der Waals surface area contributed by atoms with Crippen LogP contribution < -0.4 is 0 Å². The van der Waals surface area contributed by atoms with Crippen molar-refractivity contribution < 1.29 is 4.74 Å². The van der Waals surface area contributed by atoms with Gasteiger partial charge in [-0.15, -0.1) is 11.3 Å². The Labute approximate surface area is 89.7 Å². The van der Waals surface area contributed by atoms with Crippen molar-refractivity contribution in [3.63, 3.8) is 0 Å². The standard InChI is InChI=1S/C10H18N2OS/c1-4-13-6-5-12(3)7-10-8-14-9(2)11-10/h8H,4-7H2,1-3H3. The van der Waals surface area contributed by atoms with Gasteiger partial charge in [0.15, 0.2) is 0 Å². The van der Waals surface area contributed by atoms with Gasteiger partial charge >= 0.3 is 0 Å². The molecule has 4 heteroatoms.